The number of nitrogens with two attached hydrogens (primary N) is 1. The van der Waals surface area contributed by atoms with E-state index in [9.17, 15) is 8.42 Å². The van der Waals surface area contributed by atoms with E-state index in [0.29, 0.717) is 36.8 Å². The molecule has 2 N–H and O–H groups in total. The smallest absolute Gasteiger partial charge is 0.150 e. The summed E-state index contributed by atoms with van der Waals surface area (Å²) in [6, 6.07) is 0. The Morgan fingerprint density at radius 2 is 1.83 bits per heavy atom. The topological polar surface area (TPSA) is 63.4 Å². The normalized spacial score (nSPS) is 36.4. The first-order valence-electron chi connectivity index (χ1n) is 7.04. The van der Waals surface area contributed by atoms with Crippen molar-refractivity contribution in [2.75, 3.05) is 31.1 Å². The van der Waals surface area contributed by atoms with Gasteiger partial charge >= 0.3 is 0 Å². The van der Waals surface area contributed by atoms with Gasteiger partial charge < -0.3 is 5.73 Å². The molecule has 0 amide bonds. The predicted molar refractivity (Wildman–Crippen MR) is 74.2 cm³/mol. The zero-order chi connectivity index (χ0) is 13.4. The molecule has 18 heavy (non-hydrogen) atoms. The molecule has 2 unspecified atom stereocenters. The zero-order valence-corrected chi connectivity index (χ0v) is 12.4. The molecule has 4 nitrogen and oxygen atoms in total. The molecule has 0 aromatic rings. The number of piperidine rings is 1. The van der Waals surface area contributed by atoms with Gasteiger partial charge in [0, 0.05) is 18.6 Å². The molecule has 2 aliphatic heterocycles. The molecule has 0 aromatic heterocycles. The minimum atomic E-state index is -2.81. The lowest BCUT2D eigenvalue weighted by molar-refractivity contribution is 0.0241. The van der Waals surface area contributed by atoms with Crippen molar-refractivity contribution in [3.63, 3.8) is 0 Å². The molecule has 2 heterocycles. The SMILES string of the molecule is CC1CCN(C2(CN)CCS(=O)(=O)CC2)CC1C. The Balaban J connectivity index is 2.09. The maximum Gasteiger partial charge on any atom is 0.150 e. The molecule has 0 spiro atoms. The van der Waals surface area contributed by atoms with Crippen LogP contribution in [0, 0.1) is 11.8 Å². The highest BCUT2D eigenvalue weighted by atomic mass is 32.2. The Morgan fingerprint density at radius 1 is 1.22 bits per heavy atom. The van der Waals surface area contributed by atoms with E-state index >= 15 is 0 Å². The monoisotopic (exact) mass is 274 g/mol. The molecule has 2 fully saturated rings. The summed E-state index contributed by atoms with van der Waals surface area (Å²) in [5.74, 6) is 2.07. The van der Waals surface area contributed by atoms with Crippen molar-refractivity contribution in [1.82, 2.24) is 4.90 Å². The second-order valence-corrected chi connectivity index (χ2v) is 8.57. The first-order chi connectivity index (χ1) is 8.38. The summed E-state index contributed by atoms with van der Waals surface area (Å²) in [5, 5.41) is 0. The minimum absolute atomic E-state index is 0.0558. The Morgan fingerprint density at radius 3 is 2.33 bits per heavy atom. The quantitative estimate of drug-likeness (QED) is 0.811. The second-order valence-electron chi connectivity index (χ2n) is 6.27. The van der Waals surface area contributed by atoms with Crippen LogP contribution in [0.4, 0.5) is 0 Å². The number of nitrogens with zero attached hydrogens (tertiary/aromatic N) is 1. The Bertz CT molecular complexity index is 380. The first-order valence-corrected chi connectivity index (χ1v) is 8.86. The maximum atomic E-state index is 11.6. The van der Waals surface area contributed by atoms with Crippen LogP contribution in [0.3, 0.4) is 0 Å². The predicted octanol–water partition coefficient (Wildman–Crippen LogP) is 0.870. The van der Waals surface area contributed by atoms with E-state index in [1.807, 2.05) is 0 Å². The summed E-state index contributed by atoms with van der Waals surface area (Å²) in [7, 11) is -2.81. The third-order valence-corrected chi connectivity index (χ3v) is 6.79. The fraction of sp³-hybridized carbons (Fsp3) is 1.00. The van der Waals surface area contributed by atoms with Gasteiger partial charge in [0.25, 0.3) is 0 Å². The highest BCUT2D eigenvalue weighted by Crippen LogP contribution is 2.34. The lowest BCUT2D eigenvalue weighted by Gasteiger charge is -2.50. The largest absolute Gasteiger partial charge is 0.329 e. The zero-order valence-electron chi connectivity index (χ0n) is 11.6. The lowest BCUT2D eigenvalue weighted by Crippen LogP contribution is -2.60. The fourth-order valence-corrected chi connectivity index (χ4v) is 4.85. The van der Waals surface area contributed by atoms with Crippen molar-refractivity contribution >= 4 is 9.84 Å². The maximum absolute atomic E-state index is 11.6. The molecule has 2 rings (SSSR count). The summed E-state index contributed by atoms with van der Waals surface area (Å²) in [6.45, 7) is 7.33. The van der Waals surface area contributed by atoms with Gasteiger partial charge in [-0.2, -0.15) is 0 Å². The molecule has 0 bridgehead atoms. The van der Waals surface area contributed by atoms with Gasteiger partial charge in [-0.05, 0) is 37.6 Å². The van der Waals surface area contributed by atoms with Crippen molar-refractivity contribution < 1.29 is 8.42 Å². The molecule has 2 aliphatic rings. The third kappa shape index (κ3) is 2.73. The minimum Gasteiger partial charge on any atom is -0.329 e. The van der Waals surface area contributed by atoms with Crippen molar-refractivity contribution in [2.24, 2.45) is 17.6 Å². The molecular weight excluding hydrogens is 248 g/mol. The van der Waals surface area contributed by atoms with Crippen LogP contribution in [-0.4, -0.2) is 50.0 Å². The van der Waals surface area contributed by atoms with Gasteiger partial charge in [-0.1, -0.05) is 13.8 Å². The lowest BCUT2D eigenvalue weighted by atomic mass is 9.82. The highest BCUT2D eigenvalue weighted by molar-refractivity contribution is 7.91. The van der Waals surface area contributed by atoms with Crippen LogP contribution >= 0.6 is 0 Å². The van der Waals surface area contributed by atoms with Gasteiger partial charge in [0.2, 0.25) is 0 Å². The molecular formula is C13H26N2O2S. The van der Waals surface area contributed by atoms with Crippen molar-refractivity contribution in [3.05, 3.63) is 0 Å². The fourth-order valence-electron chi connectivity index (χ4n) is 3.26. The van der Waals surface area contributed by atoms with E-state index in [0.717, 1.165) is 19.0 Å². The number of sulfone groups is 1. The van der Waals surface area contributed by atoms with Crippen molar-refractivity contribution in [3.8, 4) is 0 Å². The Hall–Kier alpha value is -0.130. The van der Waals surface area contributed by atoms with Crippen LogP contribution in [0.25, 0.3) is 0 Å². The van der Waals surface area contributed by atoms with Crippen LogP contribution in [0.2, 0.25) is 0 Å². The van der Waals surface area contributed by atoms with E-state index in [4.69, 9.17) is 5.73 Å². The van der Waals surface area contributed by atoms with Crippen LogP contribution in [-0.2, 0) is 9.84 Å². The first kappa shape index (κ1) is 14.3. The van der Waals surface area contributed by atoms with Crippen molar-refractivity contribution in [1.29, 1.82) is 0 Å². The third-order valence-electron chi connectivity index (χ3n) is 5.14. The summed E-state index contributed by atoms with van der Waals surface area (Å²) >= 11 is 0. The summed E-state index contributed by atoms with van der Waals surface area (Å²) in [5.41, 5.74) is 5.95. The molecule has 5 heteroatoms. The van der Waals surface area contributed by atoms with Gasteiger partial charge in [0.1, 0.15) is 9.84 Å². The summed E-state index contributed by atoms with van der Waals surface area (Å²) in [4.78, 5) is 2.48. The van der Waals surface area contributed by atoms with E-state index in [1.165, 1.54) is 6.42 Å². The van der Waals surface area contributed by atoms with E-state index in [2.05, 4.69) is 18.7 Å². The number of rotatable bonds is 2. The average Bonchev–Trinajstić information content (AvgIpc) is 2.34. The van der Waals surface area contributed by atoms with E-state index in [-0.39, 0.29) is 5.54 Å². The van der Waals surface area contributed by atoms with Gasteiger partial charge in [-0.15, -0.1) is 0 Å². The van der Waals surface area contributed by atoms with Gasteiger partial charge in [0.15, 0.2) is 0 Å². The standard InChI is InChI=1S/C13H26N2O2S/c1-11-3-6-15(9-12(11)2)13(10-14)4-7-18(16,17)8-5-13/h11-12H,3-10,14H2,1-2H3. The Labute approximate surface area is 111 Å². The number of hydrogen-bond acceptors (Lipinski definition) is 4. The summed E-state index contributed by atoms with van der Waals surface area (Å²) < 4.78 is 23.2. The number of likely N-dealkylation sites (tertiary alicyclic amines) is 1. The van der Waals surface area contributed by atoms with E-state index < -0.39 is 9.84 Å². The molecule has 2 atom stereocenters. The summed E-state index contributed by atoms with van der Waals surface area (Å²) in [6.07, 6.45) is 2.63. The molecule has 0 aromatic carbocycles. The number of hydrogen-bond donors (Lipinski definition) is 1. The van der Waals surface area contributed by atoms with Crippen molar-refractivity contribution in [2.45, 2.75) is 38.6 Å². The van der Waals surface area contributed by atoms with Crippen LogP contribution < -0.4 is 5.73 Å². The molecule has 2 saturated heterocycles. The highest BCUT2D eigenvalue weighted by Gasteiger charge is 2.42. The van der Waals surface area contributed by atoms with Gasteiger partial charge in [0.05, 0.1) is 11.5 Å². The Kier molecular flexibility index (Phi) is 4.04. The van der Waals surface area contributed by atoms with Crippen LogP contribution in [0.1, 0.15) is 33.1 Å². The van der Waals surface area contributed by atoms with E-state index in [1.54, 1.807) is 0 Å². The molecule has 0 saturated carbocycles. The molecule has 0 radical (unpaired) electrons. The second kappa shape index (κ2) is 5.10. The molecule has 106 valence electrons. The average molecular weight is 274 g/mol. The van der Waals surface area contributed by atoms with Gasteiger partial charge in [-0.3, -0.25) is 4.90 Å². The van der Waals surface area contributed by atoms with Crippen LogP contribution in [0.15, 0.2) is 0 Å². The molecule has 0 aliphatic carbocycles. The van der Waals surface area contributed by atoms with Gasteiger partial charge in [-0.25, -0.2) is 8.42 Å². The van der Waals surface area contributed by atoms with Crippen LogP contribution in [0.5, 0.6) is 0 Å².